The van der Waals surface area contributed by atoms with E-state index in [-0.39, 0.29) is 0 Å². The van der Waals surface area contributed by atoms with Gasteiger partial charge in [0.05, 0.1) is 0 Å². The fourth-order valence-electron chi connectivity index (χ4n) is 2.21. The third-order valence-electron chi connectivity index (χ3n) is 3.22. The molecule has 0 radical (unpaired) electrons. The monoisotopic (exact) mass is 199 g/mol. The molecule has 1 aliphatic rings. The van der Waals surface area contributed by atoms with Crippen molar-refractivity contribution in [1.82, 2.24) is 9.80 Å². The zero-order chi connectivity index (χ0) is 10.6. The van der Waals surface area contributed by atoms with Crippen LogP contribution in [0.15, 0.2) is 0 Å². The van der Waals surface area contributed by atoms with Crippen LogP contribution in [0.2, 0.25) is 0 Å². The Morgan fingerprint density at radius 3 is 2.86 bits per heavy atom. The predicted molar refractivity (Wildman–Crippen MR) is 61.4 cm³/mol. The molecular weight excluding hydrogens is 174 g/mol. The number of nitrogens with two attached hydrogens (primary N) is 1. The van der Waals surface area contributed by atoms with E-state index in [4.69, 9.17) is 5.73 Å². The van der Waals surface area contributed by atoms with Crippen LogP contribution in [0.4, 0.5) is 0 Å². The van der Waals surface area contributed by atoms with Crippen LogP contribution in [0.1, 0.15) is 19.8 Å². The Balaban J connectivity index is 2.31. The summed E-state index contributed by atoms with van der Waals surface area (Å²) in [6.07, 6.45) is 2.68. The molecule has 0 amide bonds. The molecule has 0 aliphatic carbocycles. The van der Waals surface area contributed by atoms with Gasteiger partial charge in [-0.2, -0.15) is 0 Å². The van der Waals surface area contributed by atoms with Gasteiger partial charge >= 0.3 is 0 Å². The molecule has 2 N–H and O–H groups in total. The van der Waals surface area contributed by atoms with E-state index in [1.807, 2.05) is 0 Å². The van der Waals surface area contributed by atoms with Gasteiger partial charge in [-0.25, -0.2) is 0 Å². The first-order valence-corrected chi connectivity index (χ1v) is 5.72. The molecule has 3 nitrogen and oxygen atoms in total. The Morgan fingerprint density at radius 2 is 2.29 bits per heavy atom. The highest BCUT2D eigenvalue weighted by Gasteiger charge is 2.21. The molecule has 14 heavy (non-hydrogen) atoms. The summed E-state index contributed by atoms with van der Waals surface area (Å²) in [5.41, 5.74) is 5.64. The van der Waals surface area contributed by atoms with E-state index in [1.54, 1.807) is 0 Å². The van der Waals surface area contributed by atoms with Crippen molar-refractivity contribution in [3.8, 4) is 0 Å². The second kappa shape index (κ2) is 5.69. The molecule has 1 rings (SSSR count). The quantitative estimate of drug-likeness (QED) is 0.720. The fraction of sp³-hybridized carbons (Fsp3) is 1.00. The molecule has 3 heteroatoms. The average Bonchev–Trinajstić information content (AvgIpc) is 2.17. The van der Waals surface area contributed by atoms with Gasteiger partial charge in [0.1, 0.15) is 0 Å². The van der Waals surface area contributed by atoms with Gasteiger partial charge in [0.25, 0.3) is 0 Å². The van der Waals surface area contributed by atoms with Crippen molar-refractivity contribution in [3.05, 3.63) is 0 Å². The highest BCUT2D eigenvalue weighted by Crippen LogP contribution is 2.14. The van der Waals surface area contributed by atoms with Crippen LogP contribution in [0, 0.1) is 5.92 Å². The van der Waals surface area contributed by atoms with Crippen molar-refractivity contribution in [1.29, 1.82) is 0 Å². The molecule has 1 aliphatic heterocycles. The van der Waals surface area contributed by atoms with E-state index in [2.05, 4.69) is 30.8 Å². The zero-order valence-electron chi connectivity index (χ0n) is 9.87. The highest BCUT2D eigenvalue weighted by molar-refractivity contribution is 4.78. The van der Waals surface area contributed by atoms with Gasteiger partial charge in [0.15, 0.2) is 0 Å². The van der Waals surface area contributed by atoms with Crippen molar-refractivity contribution < 1.29 is 0 Å². The number of hydrogen-bond donors (Lipinski definition) is 1. The first kappa shape index (κ1) is 12.0. The molecule has 0 saturated carbocycles. The van der Waals surface area contributed by atoms with Gasteiger partial charge < -0.3 is 15.5 Å². The van der Waals surface area contributed by atoms with Crippen LogP contribution < -0.4 is 5.73 Å². The maximum absolute atomic E-state index is 5.64. The summed E-state index contributed by atoms with van der Waals surface area (Å²) in [6.45, 7) is 6.63. The van der Waals surface area contributed by atoms with Gasteiger partial charge in [-0.1, -0.05) is 6.92 Å². The average molecular weight is 199 g/mol. The Hall–Kier alpha value is -0.120. The third kappa shape index (κ3) is 3.56. The van der Waals surface area contributed by atoms with Gasteiger partial charge in [-0.05, 0) is 45.9 Å². The van der Waals surface area contributed by atoms with Gasteiger partial charge in [-0.15, -0.1) is 0 Å². The Bertz CT molecular complexity index is 161. The molecule has 1 fully saturated rings. The number of hydrogen-bond acceptors (Lipinski definition) is 3. The molecule has 1 saturated heterocycles. The lowest BCUT2D eigenvalue weighted by atomic mass is 10.0. The molecule has 84 valence electrons. The van der Waals surface area contributed by atoms with Crippen molar-refractivity contribution in [2.45, 2.75) is 25.8 Å². The maximum Gasteiger partial charge on any atom is 0.0220 e. The minimum absolute atomic E-state index is 0.618. The smallest absolute Gasteiger partial charge is 0.0220 e. The topological polar surface area (TPSA) is 32.5 Å². The maximum atomic E-state index is 5.64. The summed E-state index contributed by atoms with van der Waals surface area (Å²) >= 11 is 0. The third-order valence-corrected chi connectivity index (χ3v) is 3.22. The lowest BCUT2D eigenvalue weighted by Gasteiger charge is -2.36. The second-order valence-corrected chi connectivity index (χ2v) is 4.84. The SMILES string of the molecule is CC(CN)CN(C)C1CCCN(C)C1. The molecule has 0 spiro atoms. The Kier molecular flexibility index (Phi) is 4.85. The fourth-order valence-corrected chi connectivity index (χ4v) is 2.21. The summed E-state index contributed by atoms with van der Waals surface area (Å²) in [5.74, 6) is 0.618. The molecular formula is C11H25N3. The minimum Gasteiger partial charge on any atom is -0.330 e. The summed E-state index contributed by atoms with van der Waals surface area (Å²) in [4.78, 5) is 4.91. The number of rotatable bonds is 4. The van der Waals surface area contributed by atoms with Crippen molar-refractivity contribution >= 4 is 0 Å². The first-order chi connectivity index (χ1) is 6.63. The van der Waals surface area contributed by atoms with E-state index >= 15 is 0 Å². The molecule has 2 atom stereocenters. The van der Waals surface area contributed by atoms with Gasteiger partial charge in [0, 0.05) is 19.1 Å². The minimum atomic E-state index is 0.618. The molecule has 0 aromatic carbocycles. The number of nitrogens with zero attached hydrogens (tertiary/aromatic N) is 2. The van der Waals surface area contributed by atoms with Crippen LogP contribution in [-0.2, 0) is 0 Å². The lowest BCUT2D eigenvalue weighted by Crippen LogP contribution is -2.46. The summed E-state index contributed by atoms with van der Waals surface area (Å²) in [5, 5.41) is 0. The van der Waals surface area contributed by atoms with Gasteiger partial charge in [0.2, 0.25) is 0 Å². The van der Waals surface area contributed by atoms with E-state index in [1.165, 1.54) is 25.9 Å². The Labute approximate surface area is 88.2 Å². The van der Waals surface area contributed by atoms with Crippen LogP contribution in [0.25, 0.3) is 0 Å². The second-order valence-electron chi connectivity index (χ2n) is 4.84. The summed E-state index contributed by atoms with van der Waals surface area (Å²) in [6, 6.07) is 0.739. The first-order valence-electron chi connectivity index (χ1n) is 5.72. The Morgan fingerprint density at radius 1 is 1.57 bits per heavy atom. The molecule has 0 aromatic rings. The number of piperidine rings is 1. The number of likely N-dealkylation sites (tertiary alicyclic amines) is 1. The van der Waals surface area contributed by atoms with Crippen molar-refractivity contribution in [3.63, 3.8) is 0 Å². The van der Waals surface area contributed by atoms with E-state index in [0.717, 1.165) is 19.1 Å². The van der Waals surface area contributed by atoms with E-state index < -0.39 is 0 Å². The van der Waals surface area contributed by atoms with Crippen LogP contribution in [0.3, 0.4) is 0 Å². The van der Waals surface area contributed by atoms with Gasteiger partial charge in [-0.3, -0.25) is 0 Å². The predicted octanol–water partition coefficient (Wildman–Crippen LogP) is 0.607. The molecule has 0 bridgehead atoms. The molecule has 2 unspecified atom stereocenters. The van der Waals surface area contributed by atoms with Crippen molar-refractivity contribution in [2.75, 3.05) is 40.3 Å². The lowest BCUT2D eigenvalue weighted by molar-refractivity contribution is 0.123. The summed E-state index contributed by atoms with van der Waals surface area (Å²) < 4.78 is 0. The standard InChI is InChI=1S/C11H25N3/c1-10(7-12)8-14(3)11-5-4-6-13(2)9-11/h10-11H,4-9,12H2,1-3H3. The summed E-state index contributed by atoms with van der Waals surface area (Å²) in [7, 11) is 4.45. The normalized spacial score (nSPS) is 26.8. The largest absolute Gasteiger partial charge is 0.330 e. The van der Waals surface area contributed by atoms with Crippen LogP contribution >= 0.6 is 0 Å². The zero-order valence-corrected chi connectivity index (χ0v) is 9.87. The van der Waals surface area contributed by atoms with Crippen LogP contribution in [-0.4, -0.2) is 56.1 Å². The van der Waals surface area contributed by atoms with E-state index in [0.29, 0.717) is 5.92 Å². The number of likely N-dealkylation sites (N-methyl/N-ethyl adjacent to an activating group) is 2. The van der Waals surface area contributed by atoms with Crippen molar-refractivity contribution in [2.24, 2.45) is 11.7 Å². The molecule has 1 heterocycles. The van der Waals surface area contributed by atoms with E-state index in [9.17, 15) is 0 Å². The van der Waals surface area contributed by atoms with Crippen LogP contribution in [0.5, 0.6) is 0 Å². The highest BCUT2D eigenvalue weighted by atomic mass is 15.2. The molecule has 0 aromatic heterocycles.